The highest BCUT2D eigenvalue weighted by atomic mass is 79.9. The molecule has 0 radical (unpaired) electrons. The Kier molecular flexibility index (Phi) is 4.96. The van der Waals surface area contributed by atoms with Crippen LogP contribution >= 0.6 is 15.9 Å². The van der Waals surface area contributed by atoms with Gasteiger partial charge in [0.05, 0.1) is 6.54 Å². The molecule has 104 valence electrons. The molecule has 5 heteroatoms. The van der Waals surface area contributed by atoms with Crippen molar-refractivity contribution in [2.24, 2.45) is 0 Å². The summed E-state index contributed by atoms with van der Waals surface area (Å²) in [5.74, 6) is 0.0514. The first kappa shape index (κ1) is 14.5. The van der Waals surface area contributed by atoms with E-state index in [-0.39, 0.29) is 5.91 Å². The second-order valence-corrected chi connectivity index (χ2v) is 5.89. The van der Waals surface area contributed by atoms with Gasteiger partial charge in [-0.2, -0.15) is 0 Å². The van der Waals surface area contributed by atoms with E-state index in [4.69, 9.17) is 0 Å². The summed E-state index contributed by atoms with van der Waals surface area (Å²) < 4.78 is 1.06. The Bertz CT molecular complexity index is 464. The van der Waals surface area contributed by atoms with Crippen LogP contribution in [0, 0.1) is 6.92 Å². The van der Waals surface area contributed by atoms with Gasteiger partial charge in [-0.1, -0.05) is 15.9 Å². The van der Waals surface area contributed by atoms with E-state index < -0.39 is 0 Å². The fraction of sp³-hybridized carbons (Fsp3) is 0.500. The van der Waals surface area contributed by atoms with E-state index in [0.717, 1.165) is 35.4 Å². The molecular weight excluding hydrogens is 306 g/mol. The van der Waals surface area contributed by atoms with Gasteiger partial charge in [0.15, 0.2) is 0 Å². The number of benzene rings is 1. The van der Waals surface area contributed by atoms with E-state index in [1.54, 1.807) is 0 Å². The quantitative estimate of drug-likeness (QED) is 0.893. The number of amides is 1. The third kappa shape index (κ3) is 4.03. The maximum atomic E-state index is 12.0. The highest BCUT2D eigenvalue weighted by Crippen LogP contribution is 2.20. The minimum absolute atomic E-state index is 0.0514. The van der Waals surface area contributed by atoms with Gasteiger partial charge in [-0.25, -0.2) is 0 Å². The SMILES string of the molecule is Cc1cc(NC(=O)CN2CCNC[C@@H]2C)ccc1Br. The maximum absolute atomic E-state index is 12.0. The first-order valence-corrected chi connectivity index (χ1v) is 7.36. The summed E-state index contributed by atoms with van der Waals surface area (Å²) in [7, 11) is 0. The predicted molar refractivity (Wildman–Crippen MR) is 81.4 cm³/mol. The monoisotopic (exact) mass is 325 g/mol. The molecule has 1 aromatic rings. The van der Waals surface area contributed by atoms with Crippen LogP contribution in [-0.2, 0) is 4.79 Å². The van der Waals surface area contributed by atoms with Gasteiger partial charge in [0, 0.05) is 35.8 Å². The van der Waals surface area contributed by atoms with E-state index >= 15 is 0 Å². The number of carbonyl (C=O) groups excluding carboxylic acids is 1. The molecule has 0 aromatic heterocycles. The van der Waals surface area contributed by atoms with Gasteiger partial charge in [0.2, 0.25) is 5.91 Å². The number of nitrogens with zero attached hydrogens (tertiary/aromatic N) is 1. The minimum Gasteiger partial charge on any atom is -0.325 e. The lowest BCUT2D eigenvalue weighted by Gasteiger charge is -2.33. The zero-order valence-electron chi connectivity index (χ0n) is 11.4. The van der Waals surface area contributed by atoms with Crippen LogP contribution < -0.4 is 10.6 Å². The molecule has 19 heavy (non-hydrogen) atoms. The van der Waals surface area contributed by atoms with Crippen LogP contribution in [0.2, 0.25) is 0 Å². The number of anilines is 1. The molecule has 0 aliphatic carbocycles. The molecule has 2 rings (SSSR count). The average Bonchev–Trinajstić information content (AvgIpc) is 2.37. The molecule has 1 aromatic carbocycles. The van der Waals surface area contributed by atoms with E-state index in [1.165, 1.54) is 0 Å². The summed E-state index contributed by atoms with van der Waals surface area (Å²) in [6.45, 7) is 7.44. The average molecular weight is 326 g/mol. The topological polar surface area (TPSA) is 44.4 Å². The maximum Gasteiger partial charge on any atom is 0.238 e. The van der Waals surface area contributed by atoms with Crippen LogP contribution in [0.25, 0.3) is 0 Å². The van der Waals surface area contributed by atoms with Gasteiger partial charge < -0.3 is 10.6 Å². The molecule has 1 heterocycles. The fourth-order valence-corrected chi connectivity index (χ4v) is 2.47. The lowest BCUT2D eigenvalue weighted by atomic mass is 10.2. The van der Waals surface area contributed by atoms with E-state index in [0.29, 0.717) is 12.6 Å². The van der Waals surface area contributed by atoms with Gasteiger partial charge in [-0.05, 0) is 37.6 Å². The van der Waals surface area contributed by atoms with Crippen molar-refractivity contribution in [1.29, 1.82) is 0 Å². The van der Waals surface area contributed by atoms with Crippen molar-refractivity contribution in [2.45, 2.75) is 19.9 Å². The Morgan fingerprint density at radius 3 is 3.05 bits per heavy atom. The molecule has 4 nitrogen and oxygen atoms in total. The number of hydrogen-bond donors (Lipinski definition) is 2. The molecule has 1 aliphatic rings. The number of piperazine rings is 1. The van der Waals surface area contributed by atoms with Crippen molar-refractivity contribution in [3.63, 3.8) is 0 Å². The predicted octanol–water partition coefficient (Wildman–Crippen LogP) is 1.99. The summed E-state index contributed by atoms with van der Waals surface area (Å²) in [4.78, 5) is 14.2. The van der Waals surface area contributed by atoms with Crippen LogP contribution in [0.3, 0.4) is 0 Å². The molecule has 0 spiro atoms. The number of rotatable bonds is 3. The van der Waals surface area contributed by atoms with E-state index in [9.17, 15) is 4.79 Å². The second-order valence-electron chi connectivity index (χ2n) is 5.04. The highest BCUT2D eigenvalue weighted by Gasteiger charge is 2.20. The molecule has 1 saturated heterocycles. The van der Waals surface area contributed by atoms with Crippen molar-refractivity contribution in [2.75, 3.05) is 31.5 Å². The Morgan fingerprint density at radius 2 is 2.37 bits per heavy atom. The van der Waals surface area contributed by atoms with Gasteiger partial charge in [0.1, 0.15) is 0 Å². The molecule has 0 unspecified atom stereocenters. The van der Waals surface area contributed by atoms with Crippen LogP contribution in [0.5, 0.6) is 0 Å². The van der Waals surface area contributed by atoms with Crippen molar-refractivity contribution in [3.05, 3.63) is 28.2 Å². The Hall–Kier alpha value is -0.910. The fourth-order valence-electron chi connectivity index (χ4n) is 2.23. The summed E-state index contributed by atoms with van der Waals surface area (Å²) >= 11 is 3.46. The zero-order valence-corrected chi connectivity index (χ0v) is 13.0. The Balaban J connectivity index is 1.91. The van der Waals surface area contributed by atoms with Crippen LogP contribution in [0.15, 0.2) is 22.7 Å². The zero-order chi connectivity index (χ0) is 13.8. The smallest absolute Gasteiger partial charge is 0.238 e. The van der Waals surface area contributed by atoms with Crippen LogP contribution in [-0.4, -0.2) is 43.0 Å². The van der Waals surface area contributed by atoms with Crippen LogP contribution in [0.1, 0.15) is 12.5 Å². The normalized spacial score (nSPS) is 20.3. The van der Waals surface area contributed by atoms with Crippen LogP contribution in [0.4, 0.5) is 5.69 Å². The minimum atomic E-state index is 0.0514. The third-order valence-electron chi connectivity index (χ3n) is 3.43. The molecule has 0 saturated carbocycles. The summed E-state index contributed by atoms with van der Waals surface area (Å²) in [6, 6.07) is 6.25. The molecule has 1 atom stereocenters. The molecular formula is C14H20BrN3O. The molecule has 2 N–H and O–H groups in total. The molecule has 1 aliphatic heterocycles. The Labute approximate surface area is 122 Å². The largest absolute Gasteiger partial charge is 0.325 e. The summed E-state index contributed by atoms with van der Waals surface area (Å²) in [6.07, 6.45) is 0. The lowest BCUT2D eigenvalue weighted by Crippen LogP contribution is -2.51. The summed E-state index contributed by atoms with van der Waals surface area (Å²) in [5.41, 5.74) is 1.97. The van der Waals surface area contributed by atoms with Gasteiger partial charge in [0.25, 0.3) is 0 Å². The number of nitrogens with one attached hydrogen (secondary N) is 2. The van der Waals surface area contributed by atoms with Gasteiger partial charge in [-0.3, -0.25) is 9.69 Å². The molecule has 0 bridgehead atoms. The number of carbonyl (C=O) groups is 1. The van der Waals surface area contributed by atoms with Crippen molar-refractivity contribution < 1.29 is 4.79 Å². The van der Waals surface area contributed by atoms with Crippen molar-refractivity contribution in [3.8, 4) is 0 Å². The Morgan fingerprint density at radius 1 is 1.58 bits per heavy atom. The highest BCUT2D eigenvalue weighted by molar-refractivity contribution is 9.10. The van der Waals surface area contributed by atoms with E-state index in [2.05, 4.69) is 38.4 Å². The van der Waals surface area contributed by atoms with Crippen molar-refractivity contribution >= 4 is 27.5 Å². The van der Waals surface area contributed by atoms with E-state index in [1.807, 2.05) is 25.1 Å². The van der Waals surface area contributed by atoms with Gasteiger partial charge >= 0.3 is 0 Å². The first-order valence-electron chi connectivity index (χ1n) is 6.57. The summed E-state index contributed by atoms with van der Waals surface area (Å²) in [5, 5.41) is 6.28. The number of hydrogen-bond acceptors (Lipinski definition) is 3. The standard InChI is InChI=1S/C14H20BrN3O/c1-10-7-12(3-4-13(10)15)17-14(19)9-18-6-5-16-8-11(18)2/h3-4,7,11,16H,5-6,8-9H2,1-2H3,(H,17,19)/t11-/m0/s1. The second kappa shape index (κ2) is 6.50. The number of halogens is 1. The first-order chi connectivity index (χ1) is 9.06. The molecule has 1 fully saturated rings. The third-order valence-corrected chi connectivity index (χ3v) is 4.32. The molecule has 1 amide bonds. The van der Waals surface area contributed by atoms with Crippen molar-refractivity contribution in [1.82, 2.24) is 10.2 Å². The number of aryl methyl sites for hydroxylation is 1. The van der Waals surface area contributed by atoms with Gasteiger partial charge in [-0.15, -0.1) is 0 Å². The lowest BCUT2D eigenvalue weighted by molar-refractivity contribution is -0.118.